The van der Waals surface area contributed by atoms with Gasteiger partial charge < -0.3 is 4.90 Å². The third-order valence-corrected chi connectivity index (χ3v) is 6.13. The van der Waals surface area contributed by atoms with E-state index in [1.807, 2.05) is 29.3 Å². The second-order valence-electron chi connectivity index (χ2n) is 8.54. The third kappa shape index (κ3) is 5.80. The number of nitrogens with zero attached hydrogens (tertiary/aromatic N) is 3. The van der Waals surface area contributed by atoms with E-state index in [0.29, 0.717) is 13.1 Å². The van der Waals surface area contributed by atoms with Crippen LogP contribution in [0.15, 0.2) is 79.1 Å². The standard InChI is InChI=1S/C27H31N3O/c1-22-9-5-6-13-25(22)21-30(19-24-12-7-15-28-17-24)27(31)26-14-8-16-29(20-26)18-23-10-3-2-4-11-23/h2-7,9-13,15,17,26H,8,14,16,18-21H2,1H3. The van der Waals surface area contributed by atoms with Crippen molar-refractivity contribution in [3.63, 3.8) is 0 Å². The summed E-state index contributed by atoms with van der Waals surface area (Å²) < 4.78 is 0. The molecular formula is C27H31N3O. The summed E-state index contributed by atoms with van der Waals surface area (Å²) >= 11 is 0. The summed E-state index contributed by atoms with van der Waals surface area (Å²) in [5.74, 6) is 0.294. The number of likely N-dealkylation sites (tertiary alicyclic amines) is 1. The molecule has 4 rings (SSSR count). The van der Waals surface area contributed by atoms with Crippen LogP contribution in [0.5, 0.6) is 0 Å². The van der Waals surface area contributed by atoms with Crippen molar-refractivity contribution in [3.05, 3.63) is 101 Å². The number of rotatable bonds is 7. The Bertz CT molecular complexity index is 974. The molecule has 1 atom stereocenters. The van der Waals surface area contributed by atoms with Crippen LogP contribution < -0.4 is 0 Å². The Kier molecular flexibility index (Phi) is 7.11. The molecule has 2 heterocycles. The van der Waals surface area contributed by atoms with E-state index in [2.05, 4.69) is 65.3 Å². The first-order valence-corrected chi connectivity index (χ1v) is 11.2. The van der Waals surface area contributed by atoms with Crippen molar-refractivity contribution < 1.29 is 4.79 Å². The summed E-state index contributed by atoms with van der Waals surface area (Å²) in [6, 6.07) is 22.9. The fourth-order valence-electron chi connectivity index (χ4n) is 4.42. The number of amides is 1. The highest BCUT2D eigenvalue weighted by Crippen LogP contribution is 2.23. The molecule has 31 heavy (non-hydrogen) atoms. The fourth-order valence-corrected chi connectivity index (χ4v) is 4.42. The summed E-state index contributed by atoms with van der Waals surface area (Å²) in [6.07, 6.45) is 5.66. The molecular weight excluding hydrogens is 382 g/mol. The number of hydrogen-bond acceptors (Lipinski definition) is 3. The highest BCUT2D eigenvalue weighted by molar-refractivity contribution is 5.79. The SMILES string of the molecule is Cc1ccccc1CN(Cc1cccnc1)C(=O)C1CCCN(Cc2ccccc2)C1. The van der Waals surface area contributed by atoms with Crippen LogP contribution in [0.4, 0.5) is 0 Å². The zero-order chi connectivity index (χ0) is 21.5. The average molecular weight is 414 g/mol. The molecule has 0 bridgehead atoms. The smallest absolute Gasteiger partial charge is 0.227 e. The number of aromatic nitrogens is 1. The monoisotopic (exact) mass is 413 g/mol. The van der Waals surface area contributed by atoms with Gasteiger partial charge in [0, 0.05) is 38.6 Å². The molecule has 0 radical (unpaired) electrons. The van der Waals surface area contributed by atoms with E-state index < -0.39 is 0 Å². The molecule has 1 aliphatic heterocycles. The highest BCUT2D eigenvalue weighted by Gasteiger charge is 2.29. The topological polar surface area (TPSA) is 36.4 Å². The van der Waals surface area contributed by atoms with E-state index in [0.717, 1.165) is 38.0 Å². The van der Waals surface area contributed by atoms with Gasteiger partial charge in [0.15, 0.2) is 0 Å². The van der Waals surface area contributed by atoms with Gasteiger partial charge in [0.05, 0.1) is 5.92 Å². The van der Waals surface area contributed by atoms with E-state index in [-0.39, 0.29) is 11.8 Å². The Balaban J connectivity index is 1.49. The molecule has 1 aliphatic rings. The van der Waals surface area contributed by atoms with Gasteiger partial charge in [-0.2, -0.15) is 0 Å². The van der Waals surface area contributed by atoms with Gasteiger partial charge in [0.2, 0.25) is 5.91 Å². The van der Waals surface area contributed by atoms with E-state index in [1.54, 1.807) is 6.20 Å². The summed E-state index contributed by atoms with van der Waals surface area (Å²) in [7, 11) is 0. The summed E-state index contributed by atoms with van der Waals surface area (Å²) in [5, 5.41) is 0. The van der Waals surface area contributed by atoms with E-state index in [1.165, 1.54) is 16.7 Å². The number of aryl methyl sites for hydroxylation is 1. The van der Waals surface area contributed by atoms with Crippen LogP contribution in [-0.4, -0.2) is 33.8 Å². The second-order valence-corrected chi connectivity index (χ2v) is 8.54. The molecule has 1 aromatic heterocycles. The predicted octanol–water partition coefficient (Wildman–Crippen LogP) is 4.83. The Morgan fingerprint density at radius 3 is 2.55 bits per heavy atom. The molecule has 0 N–H and O–H groups in total. The van der Waals surface area contributed by atoms with Crippen molar-refractivity contribution in [1.82, 2.24) is 14.8 Å². The zero-order valence-corrected chi connectivity index (χ0v) is 18.3. The van der Waals surface area contributed by atoms with Crippen LogP contribution in [0.1, 0.15) is 35.1 Å². The second kappa shape index (κ2) is 10.4. The quantitative estimate of drug-likeness (QED) is 0.557. The molecule has 1 unspecified atom stereocenters. The van der Waals surface area contributed by atoms with Crippen molar-refractivity contribution in [2.24, 2.45) is 5.92 Å². The van der Waals surface area contributed by atoms with Crippen LogP contribution in [-0.2, 0) is 24.4 Å². The molecule has 4 heteroatoms. The minimum atomic E-state index is 0.0400. The largest absolute Gasteiger partial charge is 0.334 e. The zero-order valence-electron chi connectivity index (χ0n) is 18.3. The van der Waals surface area contributed by atoms with Gasteiger partial charge in [-0.05, 0) is 54.6 Å². The summed E-state index contributed by atoms with van der Waals surface area (Å²) in [6.45, 7) is 6.13. The lowest BCUT2D eigenvalue weighted by Crippen LogP contribution is -2.44. The third-order valence-electron chi connectivity index (χ3n) is 6.13. The van der Waals surface area contributed by atoms with E-state index in [4.69, 9.17) is 0 Å². The molecule has 1 fully saturated rings. The molecule has 4 nitrogen and oxygen atoms in total. The number of carbonyl (C=O) groups excluding carboxylic acids is 1. The predicted molar refractivity (Wildman–Crippen MR) is 124 cm³/mol. The number of hydrogen-bond donors (Lipinski definition) is 0. The number of pyridine rings is 1. The van der Waals surface area contributed by atoms with Gasteiger partial charge in [-0.25, -0.2) is 0 Å². The number of piperidine rings is 1. The first-order valence-electron chi connectivity index (χ1n) is 11.2. The van der Waals surface area contributed by atoms with Crippen molar-refractivity contribution in [1.29, 1.82) is 0 Å². The fraction of sp³-hybridized carbons (Fsp3) is 0.333. The van der Waals surface area contributed by atoms with Gasteiger partial charge in [0.1, 0.15) is 0 Å². The molecule has 160 valence electrons. The van der Waals surface area contributed by atoms with Crippen molar-refractivity contribution in [2.45, 2.75) is 39.4 Å². The lowest BCUT2D eigenvalue weighted by atomic mass is 9.95. The molecule has 1 saturated heterocycles. The van der Waals surface area contributed by atoms with Gasteiger partial charge in [-0.15, -0.1) is 0 Å². The minimum Gasteiger partial charge on any atom is -0.334 e. The lowest BCUT2D eigenvalue weighted by molar-refractivity contribution is -0.138. The van der Waals surface area contributed by atoms with Crippen molar-refractivity contribution in [3.8, 4) is 0 Å². The Morgan fingerprint density at radius 1 is 1.00 bits per heavy atom. The molecule has 0 saturated carbocycles. The van der Waals surface area contributed by atoms with Gasteiger partial charge >= 0.3 is 0 Å². The maximum Gasteiger partial charge on any atom is 0.227 e. The van der Waals surface area contributed by atoms with Crippen molar-refractivity contribution in [2.75, 3.05) is 13.1 Å². The average Bonchev–Trinajstić information content (AvgIpc) is 2.81. The Labute approximate surface area is 185 Å². The Hall–Kier alpha value is -2.98. The molecule has 2 aromatic carbocycles. The highest BCUT2D eigenvalue weighted by atomic mass is 16.2. The minimum absolute atomic E-state index is 0.0400. The van der Waals surface area contributed by atoms with Crippen LogP contribution in [0.25, 0.3) is 0 Å². The van der Waals surface area contributed by atoms with Gasteiger partial charge in [-0.1, -0.05) is 60.7 Å². The van der Waals surface area contributed by atoms with Crippen molar-refractivity contribution >= 4 is 5.91 Å². The van der Waals surface area contributed by atoms with Crippen LogP contribution >= 0.6 is 0 Å². The lowest BCUT2D eigenvalue weighted by Gasteiger charge is -2.35. The van der Waals surface area contributed by atoms with Crippen LogP contribution in [0, 0.1) is 12.8 Å². The molecule has 0 aliphatic carbocycles. The van der Waals surface area contributed by atoms with E-state index in [9.17, 15) is 4.79 Å². The normalized spacial score (nSPS) is 16.7. The summed E-state index contributed by atoms with van der Waals surface area (Å²) in [5.41, 5.74) is 4.81. The van der Waals surface area contributed by atoms with Crippen LogP contribution in [0.2, 0.25) is 0 Å². The van der Waals surface area contributed by atoms with E-state index >= 15 is 0 Å². The maximum absolute atomic E-state index is 13.7. The Morgan fingerprint density at radius 2 is 1.77 bits per heavy atom. The van der Waals surface area contributed by atoms with Gasteiger partial charge in [-0.3, -0.25) is 14.7 Å². The van der Waals surface area contributed by atoms with Crippen LogP contribution in [0.3, 0.4) is 0 Å². The first-order chi connectivity index (χ1) is 15.2. The molecule has 3 aromatic rings. The van der Waals surface area contributed by atoms with Gasteiger partial charge in [0.25, 0.3) is 0 Å². The molecule has 1 amide bonds. The maximum atomic E-state index is 13.7. The number of benzene rings is 2. The summed E-state index contributed by atoms with van der Waals surface area (Å²) in [4.78, 5) is 22.4. The molecule has 0 spiro atoms. The first kappa shape index (κ1) is 21.3. The number of carbonyl (C=O) groups is 1.